The molecule has 5 heteroatoms. The van der Waals surface area contributed by atoms with E-state index in [4.69, 9.17) is 0 Å². The van der Waals surface area contributed by atoms with E-state index in [2.05, 4.69) is 15.6 Å². The molecule has 0 aliphatic heterocycles. The Morgan fingerprint density at radius 3 is 2.76 bits per heavy atom. The quantitative estimate of drug-likeness (QED) is 0.790. The van der Waals surface area contributed by atoms with Crippen molar-refractivity contribution >= 4 is 11.8 Å². The first-order chi connectivity index (χ1) is 8.15. The lowest BCUT2D eigenvalue weighted by Gasteiger charge is -2.13. The Kier molecular flexibility index (Phi) is 5.13. The van der Waals surface area contributed by atoms with Crippen LogP contribution in [-0.4, -0.2) is 29.4 Å². The topological polar surface area (TPSA) is 71.1 Å². The zero-order valence-corrected chi connectivity index (χ0v) is 10.1. The highest BCUT2D eigenvalue weighted by Crippen LogP contribution is 1.94. The van der Waals surface area contributed by atoms with Gasteiger partial charge >= 0.3 is 0 Å². The molecule has 1 aromatic rings. The van der Waals surface area contributed by atoms with Crippen LogP contribution in [0.3, 0.4) is 0 Å². The lowest BCUT2D eigenvalue weighted by atomic mass is 10.2. The van der Waals surface area contributed by atoms with Gasteiger partial charge in [0.2, 0.25) is 5.91 Å². The lowest BCUT2D eigenvalue weighted by molar-refractivity contribution is -0.122. The van der Waals surface area contributed by atoms with Crippen LogP contribution in [0.5, 0.6) is 0 Å². The van der Waals surface area contributed by atoms with Crippen molar-refractivity contribution in [3.63, 3.8) is 0 Å². The van der Waals surface area contributed by atoms with E-state index in [9.17, 15) is 9.59 Å². The van der Waals surface area contributed by atoms with Gasteiger partial charge in [0.05, 0.1) is 0 Å². The van der Waals surface area contributed by atoms with Crippen LogP contribution < -0.4 is 10.6 Å². The Labute approximate surface area is 101 Å². The molecule has 1 unspecified atom stereocenters. The maximum Gasteiger partial charge on any atom is 0.270 e. The highest BCUT2D eigenvalue weighted by Gasteiger charge is 2.16. The maximum atomic E-state index is 11.7. The molecule has 0 saturated heterocycles. The van der Waals surface area contributed by atoms with Crippen molar-refractivity contribution in [1.82, 2.24) is 15.6 Å². The second-order valence-electron chi connectivity index (χ2n) is 3.70. The van der Waals surface area contributed by atoms with E-state index in [1.807, 2.05) is 6.92 Å². The third-order valence-corrected chi connectivity index (χ3v) is 2.19. The van der Waals surface area contributed by atoms with Gasteiger partial charge in [0, 0.05) is 12.7 Å². The molecule has 0 saturated carbocycles. The van der Waals surface area contributed by atoms with Gasteiger partial charge in [-0.25, -0.2) is 0 Å². The summed E-state index contributed by atoms with van der Waals surface area (Å²) >= 11 is 0. The van der Waals surface area contributed by atoms with Crippen molar-refractivity contribution in [2.75, 3.05) is 6.54 Å². The third kappa shape index (κ3) is 4.22. The van der Waals surface area contributed by atoms with Crippen LogP contribution in [-0.2, 0) is 4.79 Å². The number of hydrogen-bond donors (Lipinski definition) is 2. The lowest BCUT2D eigenvalue weighted by Crippen LogP contribution is -2.45. The van der Waals surface area contributed by atoms with Gasteiger partial charge in [-0.1, -0.05) is 13.0 Å². The normalized spacial score (nSPS) is 11.6. The van der Waals surface area contributed by atoms with Crippen LogP contribution in [0.1, 0.15) is 30.8 Å². The van der Waals surface area contributed by atoms with Crippen LogP contribution in [0.15, 0.2) is 24.4 Å². The molecule has 0 radical (unpaired) electrons. The molecule has 0 aromatic carbocycles. The number of carbonyl (C=O) groups excluding carboxylic acids is 2. The smallest absolute Gasteiger partial charge is 0.270 e. The standard InChI is InChI=1S/C12H17N3O2/c1-3-7-14-11(16)9(2)15-12(17)10-6-4-5-8-13-10/h4-6,8-9H,3,7H2,1-2H3,(H,14,16)(H,15,17). The number of carbonyl (C=O) groups is 2. The molecule has 0 spiro atoms. The molecule has 2 N–H and O–H groups in total. The van der Waals surface area contributed by atoms with Gasteiger partial charge in [0.1, 0.15) is 11.7 Å². The fourth-order valence-electron chi connectivity index (χ4n) is 1.23. The van der Waals surface area contributed by atoms with Crippen molar-refractivity contribution in [1.29, 1.82) is 0 Å². The molecule has 0 bridgehead atoms. The summed E-state index contributed by atoms with van der Waals surface area (Å²) in [7, 11) is 0. The summed E-state index contributed by atoms with van der Waals surface area (Å²) in [5.74, 6) is -0.527. The van der Waals surface area contributed by atoms with E-state index in [1.54, 1.807) is 25.1 Å². The SMILES string of the molecule is CCCNC(=O)C(C)NC(=O)c1ccccn1. The summed E-state index contributed by atoms with van der Waals surface area (Å²) in [5.41, 5.74) is 0.308. The minimum atomic E-state index is -0.559. The van der Waals surface area contributed by atoms with E-state index < -0.39 is 6.04 Å². The summed E-state index contributed by atoms with van der Waals surface area (Å²) in [5, 5.41) is 5.31. The number of nitrogens with zero attached hydrogens (tertiary/aromatic N) is 1. The number of rotatable bonds is 5. The van der Waals surface area contributed by atoms with Crippen molar-refractivity contribution in [3.8, 4) is 0 Å². The second-order valence-corrected chi connectivity index (χ2v) is 3.70. The fourth-order valence-corrected chi connectivity index (χ4v) is 1.23. The Morgan fingerprint density at radius 2 is 2.18 bits per heavy atom. The molecule has 0 fully saturated rings. The molecule has 17 heavy (non-hydrogen) atoms. The predicted octanol–water partition coefficient (Wildman–Crippen LogP) is 0.726. The maximum absolute atomic E-state index is 11.7. The number of pyridine rings is 1. The second kappa shape index (κ2) is 6.62. The molecule has 0 aliphatic rings. The molecular weight excluding hydrogens is 218 g/mol. The van der Waals surface area contributed by atoms with E-state index in [0.29, 0.717) is 12.2 Å². The Bertz CT molecular complexity index is 379. The average Bonchev–Trinajstić information content (AvgIpc) is 2.36. The third-order valence-electron chi connectivity index (χ3n) is 2.19. The summed E-state index contributed by atoms with van der Waals surface area (Å²) in [4.78, 5) is 27.1. The van der Waals surface area contributed by atoms with Crippen LogP contribution in [0.4, 0.5) is 0 Å². The molecule has 1 aromatic heterocycles. The van der Waals surface area contributed by atoms with E-state index >= 15 is 0 Å². The van der Waals surface area contributed by atoms with Gasteiger partial charge in [-0.05, 0) is 25.5 Å². The summed E-state index contributed by atoms with van der Waals surface area (Å²) < 4.78 is 0. The Balaban J connectivity index is 2.49. The zero-order chi connectivity index (χ0) is 12.7. The van der Waals surface area contributed by atoms with Crippen molar-refractivity contribution < 1.29 is 9.59 Å². The van der Waals surface area contributed by atoms with Crippen LogP contribution in [0.25, 0.3) is 0 Å². The highest BCUT2D eigenvalue weighted by molar-refractivity contribution is 5.95. The molecule has 0 aliphatic carbocycles. The summed E-state index contributed by atoms with van der Waals surface area (Å²) in [6.07, 6.45) is 2.41. The predicted molar refractivity (Wildman–Crippen MR) is 64.5 cm³/mol. The number of aromatic nitrogens is 1. The van der Waals surface area contributed by atoms with Gasteiger partial charge in [-0.2, -0.15) is 0 Å². The van der Waals surface area contributed by atoms with Gasteiger partial charge in [0.25, 0.3) is 5.91 Å². The molecule has 1 rings (SSSR count). The van der Waals surface area contributed by atoms with Gasteiger partial charge in [-0.3, -0.25) is 14.6 Å². The van der Waals surface area contributed by atoms with E-state index in [0.717, 1.165) is 6.42 Å². The minimum absolute atomic E-state index is 0.184. The number of amides is 2. The number of nitrogens with one attached hydrogen (secondary N) is 2. The van der Waals surface area contributed by atoms with Crippen molar-refractivity contribution in [2.24, 2.45) is 0 Å². The average molecular weight is 235 g/mol. The van der Waals surface area contributed by atoms with E-state index in [-0.39, 0.29) is 11.8 Å². The highest BCUT2D eigenvalue weighted by atomic mass is 16.2. The molecule has 5 nitrogen and oxygen atoms in total. The van der Waals surface area contributed by atoms with E-state index in [1.165, 1.54) is 6.20 Å². The first-order valence-corrected chi connectivity index (χ1v) is 5.64. The van der Waals surface area contributed by atoms with Gasteiger partial charge in [-0.15, -0.1) is 0 Å². The van der Waals surface area contributed by atoms with Crippen LogP contribution >= 0.6 is 0 Å². The summed E-state index contributed by atoms with van der Waals surface area (Å²) in [6, 6.07) is 4.50. The molecule has 1 heterocycles. The first-order valence-electron chi connectivity index (χ1n) is 5.64. The van der Waals surface area contributed by atoms with Crippen LogP contribution in [0.2, 0.25) is 0 Å². The van der Waals surface area contributed by atoms with Crippen molar-refractivity contribution in [3.05, 3.63) is 30.1 Å². The van der Waals surface area contributed by atoms with Crippen LogP contribution in [0, 0.1) is 0 Å². The summed E-state index contributed by atoms with van der Waals surface area (Å²) in [6.45, 7) is 4.23. The zero-order valence-electron chi connectivity index (χ0n) is 10.1. The monoisotopic (exact) mass is 235 g/mol. The first kappa shape index (κ1) is 13.2. The molecule has 92 valence electrons. The number of hydrogen-bond acceptors (Lipinski definition) is 3. The largest absolute Gasteiger partial charge is 0.354 e. The Hall–Kier alpha value is -1.91. The molecular formula is C12H17N3O2. The Morgan fingerprint density at radius 1 is 1.41 bits per heavy atom. The van der Waals surface area contributed by atoms with Crippen molar-refractivity contribution in [2.45, 2.75) is 26.3 Å². The van der Waals surface area contributed by atoms with Gasteiger partial charge < -0.3 is 10.6 Å². The molecule has 1 atom stereocenters. The fraction of sp³-hybridized carbons (Fsp3) is 0.417. The van der Waals surface area contributed by atoms with Gasteiger partial charge in [0.15, 0.2) is 0 Å². The minimum Gasteiger partial charge on any atom is -0.354 e. The molecule has 2 amide bonds.